The third kappa shape index (κ3) is 5.37. The number of nitrogens with one attached hydrogen (secondary N) is 3. The summed E-state index contributed by atoms with van der Waals surface area (Å²) in [7, 11) is 0. The molecule has 3 N–H and O–H groups in total. The Morgan fingerprint density at radius 3 is 2.79 bits per heavy atom. The lowest BCUT2D eigenvalue weighted by atomic mass is 10.1. The number of fused-ring (bicyclic) bond motifs is 1. The molecule has 0 unspecified atom stereocenters. The first-order valence-electron chi connectivity index (χ1n) is 9.80. The highest BCUT2D eigenvalue weighted by atomic mass is 16.6. The lowest BCUT2D eigenvalue weighted by Gasteiger charge is -2.40. The van der Waals surface area contributed by atoms with Gasteiger partial charge in [0.25, 0.3) is 0 Å². The van der Waals surface area contributed by atoms with Gasteiger partial charge < -0.3 is 25.3 Å². The Bertz CT molecular complexity index is 800. The van der Waals surface area contributed by atoms with E-state index in [1.807, 2.05) is 52.0 Å². The van der Waals surface area contributed by atoms with Gasteiger partial charge >= 0.3 is 6.09 Å². The van der Waals surface area contributed by atoms with E-state index in [1.165, 1.54) is 0 Å². The molecule has 0 radical (unpaired) electrons. The van der Waals surface area contributed by atoms with Crippen molar-refractivity contribution in [3.63, 3.8) is 0 Å². The number of carbonyl (C=O) groups excluding carboxylic acids is 1. The smallest absolute Gasteiger partial charge is 0.410 e. The second kappa shape index (κ2) is 8.50. The summed E-state index contributed by atoms with van der Waals surface area (Å²) >= 11 is 0. The molecular formula is C20H30N6O2. The summed E-state index contributed by atoms with van der Waals surface area (Å²) in [6.07, 6.45) is 0.470. The molecule has 0 saturated carbocycles. The lowest BCUT2D eigenvalue weighted by molar-refractivity contribution is 0.00701. The number of aromatic amines is 1. The van der Waals surface area contributed by atoms with Crippen LogP contribution >= 0.6 is 0 Å². The Balaban J connectivity index is 1.47. The van der Waals surface area contributed by atoms with Crippen LogP contribution in [0, 0.1) is 0 Å². The van der Waals surface area contributed by atoms with Crippen molar-refractivity contribution in [3.8, 4) is 0 Å². The number of guanidine groups is 1. The van der Waals surface area contributed by atoms with Crippen LogP contribution in [-0.2, 0) is 11.2 Å². The van der Waals surface area contributed by atoms with Crippen LogP contribution < -0.4 is 10.6 Å². The number of hydrogen-bond acceptors (Lipinski definition) is 4. The Labute approximate surface area is 165 Å². The van der Waals surface area contributed by atoms with Crippen molar-refractivity contribution in [1.82, 2.24) is 25.5 Å². The SMILES string of the molecule is CCNC(=NCCc1nc2ccccc2[nH]1)NC1CN(C(=O)OC(C)(C)C)C1. The van der Waals surface area contributed by atoms with E-state index >= 15 is 0 Å². The molecule has 1 aliphatic rings. The highest BCUT2D eigenvalue weighted by molar-refractivity contribution is 5.80. The van der Waals surface area contributed by atoms with E-state index in [0.29, 0.717) is 19.6 Å². The van der Waals surface area contributed by atoms with Crippen molar-refractivity contribution in [1.29, 1.82) is 0 Å². The van der Waals surface area contributed by atoms with Crippen LogP contribution in [0.25, 0.3) is 11.0 Å². The predicted octanol–water partition coefficient (Wildman–Crippen LogP) is 2.28. The summed E-state index contributed by atoms with van der Waals surface area (Å²) in [6.45, 7) is 10.3. The maximum atomic E-state index is 12.0. The van der Waals surface area contributed by atoms with Crippen LogP contribution in [0.15, 0.2) is 29.3 Å². The summed E-state index contributed by atoms with van der Waals surface area (Å²) in [4.78, 5) is 26.2. The Morgan fingerprint density at radius 1 is 1.36 bits per heavy atom. The molecule has 8 nitrogen and oxygen atoms in total. The van der Waals surface area contributed by atoms with Crippen LogP contribution in [0.5, 0.6) is 0 Å². The summed E-state index contributed by atoms with van der Waals surface area (Å²) in [6, 6.07) is 8.17. The topological polar surface area (TPSA) is 94.6 Å². The van der Waals surface area contributed by atoms with Crippen LogP contribution in [-0.4, -0.2) is 64.7 Å². The average molecular weight is 387 g/mol. The second-order valence-corrected chi connectivity index (χ2v) is 7.94. The first-order chi connectivity index (χ1) is 13.3. The number of likely N-dealkylation sites (tertiary alicyclic amines) is 1. The minimum Gasteiger partial charge on any atom is -0.444 e. The van der Waals surface area contributed by atoms with Gasteiger partial charge in [0.15, 0.2) is 5.96 Å². The first-order valence-corrected chi connectivity index (χ1v) is 9.80. The number of para-hydroxylation sites is 2. The maximum absolute atomic E-state index is 12.0. The molecule has 1 saturated heterocycles. The number of amides is 1. The molecule has 0 bridgehead atoms. The molecule has 1 aliphatic heterocycles. The van der Waals surface area contributed by atoms with E-state index < -0.39 is 5.60 Å². The highest BCUT2D eigenvalue weighted by Crippen LogP contribution is 2.15. The minimum atomic E-state index is -0.470. The Hall–Kier alpha value is -2.77. The van der Waals surface area contributed by atoms with E-state index in [1.54, 1.807) is 4.90 Å². The van der Waals surface area contributed by atoms with E-state index in [-0.39, 0.29) is 12.1 Å². The third-order valence-corrected chi connectivity index (χ3v) is 4.28. The minimum absolute atomic E-state index is 0.177. The number of carbonyl (C=O) groups is 1. The van der Waals surface area contributed by atoms with Crippen LogP contribution in [0.1, 0.15) is 33.5 Å². The standard InChI is InChI=1S/C20H30N6O2/c1-5-21-18(23-14-12-26(13-14)19(27)28-20(2,3)4)22-11-10-17-24-15-8-6-7-9-16(15)25-17/h6-9,14H,5,10-13H2,1-4H3,(H,24,25)(H2,21,22,23). The molecule has 0 spiro atoms. The molecule has 0 aliphatic carbocycles. The van der Waals surface area contributed by atoms with Crippen molar-refractivity contribution >= 4 is 23.1 Å². The number of benzene rings is 1. The van der Waals surface area contributed by atoms with Gasteiger partial charge in [0.1, 0.15) is 11.4 Å². The van der Waals surface area contributed by atoms with Crippen molar-refractivity contribution in [2.45, 2.75) is 45.8 Å². The zero-order valence-electron chi connectivity index (χ0n) is 17.1. The molecule has 1 aromatic carbocycles. The number of rotatable bonds is 5. The van der Waals surface area contributed by atoms with Crippen molar-refractivity contribution in [3.05, 3.63) is 30.1 Å². The van der Waals surface area contributed by atoms with Gasteiger partial charge in [-0.1, -0.05) is 12.1 Å². The van der Waals surface area contributed by atoms with E-state index in [9.17, 15) is 4.79 Å². The average Bonchev–Trinajstić information content (AvgIpc) is 2.98. The van der Waals surface area contributed by atoms with Gasteiger partial charge in [-0.25, -0.2) is 9.78 Å². The van der Waals surface area contributed by atoms with Crippen LogP contribution in [0.2, 0.25) is 0 Å². The summed E-state index contributed by atoms with van der Waals surface area (Å²) in [5.74, 6) is 1.69. The summed E-state index contributed by atoms with van der Waals surface area (Å²) in [5.41, 5.74) is 1.55. The summed E-state index contributed by atoms with van der Waals surface area (Å²) < 4.78 is 5.38. The molecule has 1 amide bonds. The molecule has 2 aromatic rings. The number of nitrogens with zero attached hydrogens (tertiary/aromatic N) is 3. The zero-order chi connectivity index (χ0) is 20.1. The first kappa shape index (κ1) is 20.0. The number of H-pyrrole nitrogens is 1. The maximum Gasteiger partial charge on any atom is 0.410 e. The number of ether oxygens (including phenoxy) is 1. The lowest BCUT2D eigenvalue weighted by Crippen LogP contribution is -2.63. The van der Waals surface area contributed by atoms with E-state index in [4.69, 9.17) is 4.74 Å². The quantitative estimate of drug-likeness (QED) is 0.541. The van der Waals surface area contributed by atoms with Crippen LogP contribution in [0.4, 0.5) is 4.79 Å². The number of hydrogen-bond donors (Lipinski definition) is 3. The van der Waals surface area contributed by atoms with Gasteiger partial charge in [-0.05, 0) is 39.8 Å². The molecule has 1 fully saturated rings. The second-order valence-electron chi connectivity index (χ2n) is 7.94. The molecule has 0 atom stereocenters. The molecule has 1 aromatic heterocycles. The van der Waals surface area contributed by atoms with E-state index in [2.05, 4.69) is 25.6 Å². The monoisotopic (exact) mass is 386 g/mol. The normalized spacial score (nSPS) is 15.4. The fourth-order valence-electron chi connectivity index (χ4n) is 2.96. The largest absolute Gasteiger partial charge is 0.444 e. The number of aliphatic imine (C=N–C) groups is 1. The van der Waals surface area contributed by atoms with Gasteiger partial charge in [0.05, 0.1) is 17.1 Å². The number of imidazole rings is 1. The summed E-state index contributed by atoms with van der Waals surface area (Å²) in [5, 5.41) is 6.62. The molecule has 28 heavy (non-hydrogen) atoms. The van der Waals surface area contributed by atoms with Gasteiger partial charge in [-0.2, -0.15) is 0 Å². The van der Waals surface area contributed by atoms with Crippen molar-refractivity contribution in [2.75, 3.05) is 26.2 Å². The molecule has 152 valence electrons. The van der Waals surface area contributed by atoms with Gasteiger partial charge in [0.2, 0.25) is 0 Å². The Kier molecular flexibility index (Phi) is 6.06. The predicted molar refractivity (Wildman–Crippen MR) is 111 cm³/mol. The highest BCUT2D eigenvalue weighted by Gasteiger charge is 2.34. The van der Waals surface area contributed by atoms with Crippen molar-refractivity contribution < 1.29 is 9.53 Å². The van der Waals surface area contributed by atoms with Gasteiger partial charge in [-0.3, -0.25) is 4.99 Å². The Morgan fingerprint density at radius 2 is 2.11 bits per heavy atom. The molecule has 3 rings (SSSR count). The molecular weight excluding hydrogens is 356 g/mol. The van der Waals surface area contributed by atoms with E-state index in [0.717, 1.165) is 35.8 Å². The third-order valence-electron chi connectivity index (χ3n) is 4.28. The number of aromatic nitrogens is 2. The van der Waals surface area contributed by atoms with Crippen molar-refractivity contribution in [2.24, 2.45) is 4.99 Å². The zero-order valence-corrected chi connectivity index (χ0v) is 17.1. The van der Waals surface area contributed by atoms with Gasteiger partial charge in [0, 0.05) is 32.6 Å². The molecule has 8 heteroatoms. The fourth-order valence-corrected chi connectivity index (χ4v) is 2.96. The van der Waals surface area contributed by atoms with Gasteiger partial charge in [-0.15, -0.1) is 0 Å². The molecule has 2 heterocycles. The van der Waals surface area contributed by atoms with Crippen LogP contribution in [0.3, 0.4) is 0 Å². The fraction of sp³-hybridized carbons (Fsp3) is 0.550.